The summed E-state index contributed by atoms with van der Waals surface area (Å²) in [6.45, 7) is 1.75. The highest BCUT2D eigenvalue weighted by atomic mass is 32.1. The van der Waals surface area contributed by atoms with Gasteiger partial charge >= 0.3 is 0 Å². The van der Waals surface area contributed by atoms with Crippen molar-refractivity contribution in [2.75, 3.05) is 21.3 Å². The fourth-order valence-corrected chi connectivity index (χ4v) is 2.99. The molecule has 0 bridgehead atoms. The van der Waals surface area contributed by atoms with Crippen LogP contribution in [0.25, 0.3) is 10.4 Å². The Hall–Kier alpha value is -2.21. The Balaban J connectivity index is 2.56. The molecular formula is C15H17NO4S. The Morgan fingerprint density at radius 2 is 1.71 bits per heavy atom. The Morgan fingerprint density at radius 3 is 2.29 bits per heavy atom. The van der Waals surface area contributed by atoms with E-state index in [1.807, 2.05) is 24.3 Å². The van der Waals surface area contributed by atoms with Crippen molar-refractivity contribution in [1.82, 2.24) is 0 Å². The number of hydrogen-bond acceptors (Lipinski definition) is 6. The van der Waals surface area contributed by atoms with Crippen molar-refractivity contribution in [2.24, 2.45) is 5.16 Å². The van der Waals surface area contributed by atoms with E-state index in [-0.39, 0.29) is 0 Å². The van der Waals surface area contributed by atoms with Crippen molar-refractivity contribution in [3.8, 4) is 27.7 Å². The highest BCUT2D eigenvalue weighted by Crippen LogP contribution is 2.45. The zero-order chi connectivity index (χ0) is 15.4. The van der Waals surface area contributed by atoms with Crippen LogP contribution >= 0.6 is 11.3 Å². The summed E-state index contributed by atoms with van der Waals surface area (Å²) in [7, 11) is 4.75. The average Bonchev–Trinajstić information content (AvgIpc) is 3.02. The molecule has 0 unspecified atom stereocenters. The van der Waals surface area contributed by atoms with Gasteiger partial charge < -0.3 is 19.4 Å². The number of rotatable bonds is 5. The quantitative estimate of drug-likeness (QED) is 0.520. The Bertz CT molecular complexity index is 664. The number of oxime groups is 1. The SMILES string of the molecule is COc1ccc(-c2ccc(/C(C)=N/O)s2)c(OC)c1OC. The van der Waals surface area contributed by atoms with Gasteiger partial charge in [-0.2, -0.15) is 0 Å². The Labute approximate surface area is 127 Å². The summed E-state index contributed by atoms with van der Waals surface area (Å²) in [5, 5.41) is 12.1. The molecule has 5 nitrogen and oxygen atoms in total. The summed E-state index contributed by atoms with van der Waals surface area (Å²) in [6, 6.07) is 7.62. The summed E-state index contributed by atoms with van der Waals surface area (Å²) in [6.07, 6.45) is 0. The molecule has 0 aliphatic heterocycles. The van der Waals surface area contributed by atoms with Crippen LogP contribution in [-0.2, 0) is 0 Å². The third kappa shape index (κ3) is 2.80. The van der Waals surface area contributed by atoms with E-state index < -0.39 is 0 Å². The number of hydrogen-bond donors (Lipinski definition) is 1. The van der Waals surface area contributed by atoms with Gasteiger partial charge in [0.05, 0.1) is 31.9 Å². The largest absolute Gasteiger partial charge is 0.493 e. The van der Waals surface area contributed by atoms with Crippen LogP contribution in [0.3, 0.4) is 0 Å². The van der Waals surface area contributed by atoms with Crippen LogP contribution in [0.4, 0.5) is 0 Å². The molecule has 0 spiro atoms. The molecular weight excluding hydrogens is 290 g/mol. The maximum absolute atomic E-state index is 8.85. The van der Waals surface area contributed by atoms with E-state index in [1.165, 1.54) is 11.3 Å². The minimum Gasteiger partial charge on any atom is -0.493 e. The number of benzene rings is 1. The van der Waals surface area contributed by atoms with Crippen LogP contribution in [0.2, 0.25) is 0 Å². The first-order valence-electron chi connectivity index (χ1n) is 6.24. The van der Waals surface area contributed by atoms with E-state index in [9.17, 15) is 0 Å². The van der Waals surface area contributed by atoms with Crippen molar-refractivity contribution in [1.29, 1.82) is 0 Å². The first-order chi connectivity index (χ1) is 10.2. The molecule has 21 heavy (non-hydrogen) atoms. The van der Waals surface area contributed by atoms with Gasteiger partial charge in [-0.1, -0.05) is 5.16 Å². The molecule has 1 N–H and O–H groups in total. The molecule has 1 aromatic heterocycles. The summed E-state index contributed by atoms with van der Waals surface area (Å²) in [5.74, 6) is 1.78. The first-order valence-corrected chi connectivity index (χ1v) is 7.06. The summed E-state index contributed by atoms with van der Waals surface area (Å²) in [5.41, 5.74) is 1.47. The van der Waals surface area contributed by atoms with Gasteiger partial charge in [0.25, 0.3) is 0 Å². The fourth-order valence-electron chi connectivity index (χ4n) is 2.02. The first kappa shape index (κ1) is 15.2. The predicted octanol–water partition coefficient (Wildman–Crippen LogP) is 3.64. The molecule has 0 amide bonds. The van der Waals surface area contributed by atoms with Crippen LogP contribution in [0.15, 0.2) is 29.4 Å². The molecule has 6 heteroatoms. The molecule has 0 saturated carbocycles. The molecule has 0 radical (unpaired) electrons. The lowest BCUT2D eigenvalue weighted by molar-refractivity contribution is 0.319. The third-order valence-electron chi connectivity index (χ3n) is 3.08. The van der Waals surface area contributed by atoms with Crippen molar-refractivity contribution >= 4 is 17.0 Å². The van der Waals surface area contributed by atoms with E-state index in [0.717, 1.165) is 15.3 Å². The van der Waals surface area contributed by atoms with E-state index >= 15 is 0 Å². The Kier molecular flexibility index (Phi) is 4.70. The summed E-state index contributed by atoms with van der Waals surface area (Å²) < 4.78 is 16.1. The molecule has 0 saturated heterocycles. The average molecular weight is 307 g/mol. The molecule has 1 heterocycles. The van der Waals surface area contributed by atoms with Gasteiger partial charge in [0, 0.05) is 10.4 Å². The lowest BCUT2D eigenvalue weighted by Gasteiger charge is -2.14. The smallest absolute Gasteiger partial charge is 0.203 e. The van der Waals surface area contributed by atoms with Gasteiger partial charge in [0.1, 0.15) is 0 Å². The summed E-state index contributed by atoms with van der Waals surface area (Å²) >= 11 is 1.51. The molecule has 1 aromatic carbocycles. The van der Waals surface area contributed by atoms with Crippen LogP contribution in [0, 0.1) is 0 Å². The number of thiophene rings is 1. The van der Waals surface area contributed by atoms with Gasteiger partial charge in [0.15, 0.2) is 11.5 Å². The second-order valence-corrected chi connectivity index (χ2v) is 5.31. The van der Waals surface area contributed by atoms with Crippen LogP contribution < -0.4 is 14.2 Å². The van der Waals surface area contributed by atoms with Crippen LogP contribution in [-0.4, -0.2) is 32.2 Å². The second kappa shape index (κ2) is 6.49. The van der Waals surface area contributed by atoms with Gasteiger partial charge in [-0.25, -0.2) is 0 Å². The van der Waals surface area contributed by atoms with E-state index in [0.29, 0.717) is 23.0 Å². The van der Waals surface area contributed by atoms with Gasteiger partial charge in [-0.05, 0) is 31.2 Å². The Morgan fingerprint density at radius 1 is 1.00 bits per heavy atom. The molecule has 112 valence electrons. The minimum absolute atomic E-state index is 0.556. The molecule has 0 atom stereocenters. The number of nitrogens with zero attached hydrogens (tertiary/aromatic N) is 1. The maximum Gasteiger partial charge on any atom is 0.203 e. The van der Waals surface area contributed by atoms with E-state index in [2.05, 4.69) is 5.16 Å². The van der Waals surface area contributed by atoms with Crippen LogP contribution in [0.1, 0.15) is 11.8 Å². The molecule has 0 aliphatic carbocycles. The normalized spacial score (nSPS) is 11.3. The summed E-state index contributed by atoms with van der Waals surface area (Å²) in [4.78, 5) is 1.88. The highest BCUT2D eigenvalue weighted by molar-refractivity contribution is 7.17. The standard InChI is InChI=1S/C15H17NO4S/c1-9(16-17)12-7-8-13(21-12)10-5-6-11(18-2)15(20-4)14(10)19-3/h5-8,17H,1-4H3/b16-9+. The van der Waals surface area contributed by atoms with E-state index in [4.69, 9.17) is 19.4 Å². The topological polar surface area (TPSA) is 60.3 Å². The minimum atomic E-state index is 0.556. The zero-order valence-corrected chi connectivity index (χ0v) is 13.2. The van der Waals surface area contributed by atoms with Crippen LogP contribution in [0.5, 0.6) is 17.2 Å². The van der Waals surface area contributed by atoms with Crippen molar-refractivity contribution in [3.05, 3.63) is 29.1 Å². The third-order valence-corrected chi connectivity index (χ3v) is 4.31. The van der Waals surface area contributed by atoms with Gasteiger partial charge in [0.2, 0.25) is 5.75 Å². The molecule has 0 fully saturated rings. The monoisotopic (exact) mass is 307 g/mol. The predicted molar refractivity (Wildman–Crippen MR) is 83.4 cm³/mol. The van der Waals surface area contributed by atoms with Gasteiger partial charge in [-0.3, -0.25) is 0 Å². The highest BCUT2D eigenvalue weighted by Gasteiger charge is 2.18. The van der Waals surface area contributed by atoms with Crippen molar-refractivity contribution in [2.45, 2.75) is 6.92 Å². The molecule has 2 aromatic rings. The molecule has 0 aliphatic rings. The second-order valence-electron chi connectivity index (χ2n) is 4.23. The zero-order valence-electron chi connectivity index (χ0n) is 12.3. The van der Waals surface area contributed by atoms with Crippen molar-refractivity contribution in [3.63, 3.8) is 0 Å². The number of methoxy groups -OCH3 is 3. The molecule has 2 rings (SSSR count). The van der Waals surface area contributed by atoms with E-state index in [1.54, 1.807) is 28.3 Å². The maximum atomic E-state index is 8.85. The fraction of sp³-hybridized carbons (Fsp3) is 0.267. The van der Waals surface area contributed by atoms with Gasteiger partial charge in [-0.15, -0.1) is 11.3 Å². The van der Waals surface area contributed by atoms with Crippen molar-refractivity contribution < 1.29 is 19.4 Å². The lowest BCUT2D eigenvalue weighted by atomic mass is 10.1. The number of ether oxygens (including phenoxy) is 3. The lowest BCUT2D eigenvalue weighted by Crippen LogP contribution is -1.96.